The molecular formula is C46H28N2O2. The maximum absolute atomic E-state index is 6.27. The first kappa shape index (κ1) is 28.3. The molecule has 0 unspecified atom stereocenters. The van der Waals surface area contributed by atoms with Crippen molar-refractivity contribution in [1.29, 1.82) is 0 Å². The lowest BCUT2D eigenvalue weighted by molar-refractivity contribution is 0.668. The first-order chi connectivity index (χ1) is 24.7. The minimum Gasteiger partial charge on any atom is -0.456 e. The average Bonchev–Trinajstić information content (AvgIpc) is 3.76. The molecule has 0 spiro atoms. The van der Waals surface area contributed by atoms with Gasteiger partial charge in [0.15, 0.2) is 5.82 Å². The average molecular weight is 641 g/mol. The summed E-state index contributed by atoms with van der Waals surface area (Å²) in [4.78, 5) is 10.3. The summed E-state index contributed by atoms with van der Waals surface area (Å²) in [7, 11) is 0. The summed E-state index contributed by atoms with van der Waals surface area (Å²) in [5, 5.41) is 4.35. The molecule has 0 saturated carbocycles. The summed E-state index contributed by atoms with van der Waals surface area (Å²) < 4.78 is 12.5. The van der Waals surface area contributed by atoms with Crippen LogP contribution in [0.2, 0.25) is 0 Å². The number of benzene rings is 7. The van der Waals surface area contributed by atoms with Gasteiger partial charge >= 0.3 is 0 Å². The van der Waals surface area contributed by atoms with E-state index in [0.717, 1.165) is 83.1 Å². The molecule has 0 aliphatic rings. The topological polar surface area (TPSA) is 52.1 Å². The van der Waals surface area contributed by atoms with Gasteiger partial charge in [-0.15, -0.1) is 0 Å². The second kappa shape index (κ2) is 11.4. The van der Waals surface area contributed by atoms with Gasteiger partial charge in [-0.1, -0.05) is 115 Å². The third-order valence-corrected chi connectivity index (χ3v) is 9.50. The van der Waals surface area contributed by atoms with Gasteiger partial charge in [-0.2, -0.15) is 0 Å². The van der Waals surface area contributed by atoms with Gasteiger partial charge in [0.1, 0.15) is 22.3 Å². The van der Waals surface area contributed by atoms with Crippen LogP contribution in [-0.2, 0) is 0 Å². The number of aromatic nitrogens is 2. The minimum absolute atomic E-state index is 0.626. The summed E-state index contributed by atoms with van der Waals surface area (Å²) in [5.41, 5.74) is 12.5. The quantitative estimate of drug-likeness (QED) is 0.188. The van der Waals surface area contributed by atoms with E-state index >= 15 is 0 Å². The number of furan rings is 2. The van der Waals surface area contributed by atoms with E-state index in [1.165, 1.54) is 11.1 Å². The molecule has 0 atom stereocenters. The van der Waals surface area contributed by atoms with E-state index in [2.05, 4.69) is 121 Å². The lowest BCUT2D eigenvalue weighted by atomic mass is 9.97. The Balaban J connectivity index is 1.13. The summed E-state index contributed by atoms with van der Waals surface area (Å²) in [6.45, 7) is 0. The standard InChI is InChI=1S/C46H28N2O2/c1-2-10-29(11-3-1)30-12-8-13-31(24-30)32-14-9-15-33(25-32)40-28-41(34-20-22-38-36-16-4-6-18-42(36)49-44(38)26-34)48-46(47-40)35-21-23-39-37-17-5-7-19-43(37)50-45(39)27-35/h1-28H. The van der Waals surface area contributed by atoms with Crippen LogP contribution in [0.1, 0.15) is 0 Å². The van der Waals surface area contributed by atoms with Gasteiger partial charge in [0.2, 0.25) is 0 Å². The summed E-state index contributed by atoms with van der Waals surface area (Å²) in [5.74, 6) is 0.626. The lowest BCUT2D eigenvalue weighted by Crippen LogP contribution is -1.96. The van der Waals surface area contributed by atoms with Crippen molar-refractivity contribution in [1.82, 2.24) is 9.97 Å². The van der Waals surface area contributed by atoms with Crippen LogP contribution in [0.3, 0.4) is 0 Å². The molecule has 0 saturated heterocycles. The third-order valence-electron chi connectivity index (χ3n) is 9.50. The Morgan fingerprint density at radius 3 is 1.36 bits per heavy atom. The maximum atomic E-state index is 6.27. The monoisotopic (exact) mass is 640 g/mol. The zero-order chi connectivity index (χ0) is 33.0. The molecule has 234 valence electrons. The molecule has 0 N–H and O–H groups in total. The molecule has 0 fully saturated rings. The molecular weight excluding hydrogens is 613 g/mol. The van der Waals surface area contributed by atoms with Crippen molar-refractivity contribution in [3.8, 4) is 56.2 Å². The van der Waals surface area contributed by atoms with Gasteiger partial charge in [0.05, 0.1) is 11.4 Å². The van der Waals surface area contributed by atoms with E-state index in [9.17, 15) is 0 Å². The first-order valence-electron chi connectivity index (χ1n) is 16.7. The van der Waals surface area contributed by atoms with Crippen LogP contribution in [0.4, 0.5) is 0 Å². The fraction of sp³-hybridized carbons (Fsp3) is 0. The Labute approximate surface area is 287 Å². The Hall–Kier alpha value is -6.78. The molecule has 4 heteroatoms. The number of nitrogens with zero attached hydrogens (tertiary/aromatic N) is 2. The molecule has 3 heterocycles. The van der Waals surface area contributed by atoms with Gasteiger partial charge in [0.25, 0.3) is 0 Å². The van der Waals surface area contributed by atoms with Crippen molar-refractivity contribution in [2.75, 3.05) is 0 Å². The highest BCUT2D eigenvalue weighted by Crippen LogP contribution is 2.36. The fourth-order valence-electron chi connectivity index (χ4n) is 6.99. The smallest absolute Gasteiger partial charge is 0.160 e. The number of hydrogen-bond donors (Lipinski definition) is 0. The van der Waals surface area contributed by atoms with Crippen LogP contribution in [-0.4, -0.2) is 9.97 Å². The molecule has 50 heavy (non-hydrogen) atoms. The third kappa shape index (κ3) is 4.85. The van der Waals surface area contributed by atoms with Crippen LogP contribution >= 0.6 is 0 Å². The van der Waals surface area contributed by atoms with E-state index < -0.39 is 0 Å². The fourth-order valence-corrected chi connectivity index (χ4v) is 6.99. The SMILES string of the molecule is c1ccc(-c2cccc(-c3cccc(-c4cc(-c5ccc6c(c5)oc5ccccc56)nc(-c5ccc6c(c5)oc5ccccc56)n4)c3)c2)cc1. The second-order valence-corrected chi connectivity index (χ2v) is 12.6. The van der Waals surface area contributed by atoms with Gasteiger partial charge in [-0.3, -0.25) is 0 Å². The minimum atomic E-state index is 0.626. The van der Waals surface area contributed by atoms with Gasteiger partial charge in [-0.25, -0.2) is 9.97 Å². The molecule has 7 aromatic carbocycles. The van der Waals surface area contributed by atoms with Crippen molar-refractivity contribution < 1.29 is 8.83 Å². The predicted octanol–water partition coefficient (Wildman–Crippen LogP) is 12.6. The first-order valence-corrected chi connectivity index (χ1v) is 16.7. The van der Waals surface area contributed by atoms with Crippen molar-refractivity contribution in [2.24, 2.45) is 0 Å². The normalized spacial score (nSPS) is 11.6. The molecule has 0 aliphatic carbocycles. The highest BCUT2D eigenvalue weighted by molar-refractivity contribution is 6.07. The largest absolute Gasteiger partial charge is 0.456 e. The Morgan fingerprint density at radius 1 is 0.280 bits per heavy atom. The molecule has 10 rings (SSSR count). The zero-order valence-corrected chi connectivity index (χ0v) is 26.9. The highest BCUT2D eigenvalue weighted by atomic mass is 16.3. The Morgan fingerprint density at radius 2 is 0.720 bits per heavy atom. The number of hydrogen-bond acceptors (Lipinski definition) is 4. The zero-order valence-electron chi connectivity index (χ0n) is 26.9. The van der Waals surface area contributed by atoms with Crippen LogP contribution in [0.15, 0.2) is 179 Å². The molecule has 4 nitrogen and oxygen atoms in total. The van der Waals surface area contributed by atoms with E-state index in [4.69, 9.17) is 18.8 Å². The molecule has 0 bridgehead atoms. The van der Waals surface area contributed by atoms with E-state index in [-0.39, 0.29) is 0 Å². The molecule has 0 radical (unpaired) electrons. The second-order valence-electron chi connectivity index (χ2n) is 12.6. The Kier molecular flexibility index (Phi) is 6.46. The molecule has 10 aromatic rings. The van der Waals surface area contributed by atoms with Crippen LogP contribution in [0.25, 0.3) is 100 Å². The van der Waals surface area contributed by atoms with E-state index in [1.807, 2.05) is 48.5 Å². The van der Waals surface area contributed by atoms with Crippen molar-refractivity contribution in [3.05, 3.63) is 170 Å². The van der Waals surface area contributed by atoms with Crippen LogP contribution < -0.4 is 0 Å². The number of rotatable bonds is 5. The van der Waals surface area contributed by atoms with Crippen molar-refractivity contribution in [2.45, 2.75) is 0 Å². The Bertz CT molecular complexity index is 2750. The summed E-state index contributed by atoms with van der Waals surface area (Å²) >= 11 is 0. The van der Waals surface area contributed by atoms with Gasteiger partial charge in [-0.05, 0) is 76.9 Å². The summed E-state index contributed by atoms with van der Waals surface area (Å²) in [6, 6.07) is 58.7. The molecule has 0 amide bonds. The predicted molar refractivity (Wildman–Crippen MR) is 204 cm³/mol. The highest BCUT2D eigenvalue weighted by Gasteiger charge is 2.16. The van der Waals surface area contributed by atoms with Crippen molar-refractivity contribution >= 4 is 43.9 Å². The van der Waals surface area contributed by atoms with E-state index in [0.29, 0.717) is 5.82 Å². The molecule has 0 aliphatic heterocycles. The van der Waals surface area contributed by atoms with Crippen molar-refractivity contribution in [3.63, 3.8) is 0 Å². The summed E-state index contributed by atoms with van der Waals surface area (Å²) in [6.07, 6.45) is 0. The van der Waals surface area contributed by atoms with Crippen LogP contribution in [0.5, 0.6) is 0 Å². The lowest BCUT2D eigenvalue weighted by Gasteiger charge is -2.11. The van der Waals surface area contributed by atoms with E-state index in [1.54, 1.807) is 0 Å². The molecule has 3 aromatic heterocycles. The maximum Gasteiger partial charge on any atom is 0.160 e. The number of fused-ring (bicyclic) bond motifs is 6. The van der Waals surface area contributed by atoms with Crippen LogP contribution in [0, 0.1) is 0 Å². The van der Waals surface area contributed by atoms with Gasteiger partial charge < -0.3 is 8.83 Å². The number of para-hydroxylation sites is 2. The van der Waals surface area contributed by atoms with Gasteiger partial charge in [0, 0.05) is 38.2 Å².